The number of thioether (sulfide) groups is 1. The second-order valence-electron chi connectivity index (χ2n) is 11.3. The molecule has 4 aromatic rings. The maximum atomic E-state index is 13.8. The first-order valence-corrected chi connectivity index (χ1v) is 18.7. The maximum absolute atomic E-state index is 13.8. The second kappa shape index (κ2) is 22.8. The number of nitrogens with one attached hydrogen (secondary N) is 2. The first-order valence-electron chi connectivity index (χ1n) is 17.4. The van der Waals surface area contributed by atoms with Crippen molar-refractivity contribution in [1.82, 2.24) is 14.7 Å². The third-order valence-corrected chi connectivity index (χ3v) is 8.20. The minimum Gasteiger partial charge on any atom is -0.381 e. The fraction of sp³-hybridized carbons (Fsp3) is 0.293. The lowest BCUT2D eigenvalue weighted by Gasteiger charge is -2.23. The van der Waals surface area contributed by atoms with E-state index in [1.165, 1.54) is 47.8 Å². The largest absolute Gasteiger partial charge is 0.471 e. The molecular weight excluding hydrogens is 720 g/mol. The summed E-state index contributed by atoms with van der Waals surface area (Å²) in [4.78, 5) is 16.4. The lowest BCUT2D eigenvalue weighted by atomic mass is 10.0. The Balaban J connectivity index is 0.000000358. The Morgan fingerprint density at radius 2 is 1.67 bits per heavy atom. The van der Waals surface area contributed by atoms with Gasteiger partial charge < -0.3 is 15.5 Å². The van der Waals surface area contributed by atoms with Crippen LogP contribution in [0.4, 0.5) is 33.3 Å². The number of benzene rings is 3. The molecule has 0 spiro atoms. The number of anilines is 2. The summed E-state index contributed by atoms with van der Waals surface area (Å²) in [5.74, 6) is -2.14. The van der Waals surface area contributed by atoms with Crippen molar-refractivity contribution in [1.29, 1.82) is 0 Å². The van der Waals surface area contributed by atoms with Crippen molar-refractivity contribution in [3.63, 3.8) is 0 Å². The molecule has 0 atom stereocenters. The molecule has 4 rings (SSSR count). The van der Waals surface area contributed by atoms with Gasteiger partial charge in [-0.2, -0.15) is 30.0 Å². The summed E-state index contributed by atoms with van der Waals surface area (Å²) in [6, 6.07) is 18.4. The third-order valence-electron chi connectivity index (χ3n) is 7.60. The Hall–Kier alpha value is -5.17. The summed E-state index contributed by atoms with van der Waals surface area (Å²) in [7, 11) is 0. The molecular formula is C41H49F5N6OS. The molecule has 2 N–H and O–H groups in total. The topological polar surface area (TPSA) is 74.6 Å². The summed E-state index contributed by atoms with van der Waals surface area (Å²) in [6.45, 7) is 17.3. The van der Waals surface area contributed by atoms with Crippen LogP contribution in [0, 0.1) is 18.6 Å². The highest BCUT2D eigenvalue weighted by Crippen LogP contribution is 2.28. The highest BCUT2D eigenvalue weighted by Gasteiger charge is 2.42. The van der Waals surface area contributed by atoms with Gasteiger partial charge in [-0.3, -0.25) is 4.79 Å². The minimum atomic E-state index is -4.89. The maximum Gasteiger partial charge on any atom is 0.471 e. The van der Waals surface area contributed by atoms with E-state index in [0.717, 1.165) is 34.0 Å². The summed E-state index contributed by atoms with van der Waals surface area (Å²) < 4.78 is 67.8. The number of amides is 1. The molecule has 0 bridgehead atoms. The van der Waals surface area contributed by atoms with Gasteiger partial charge in [0.05, 0.1) is 5.69 Å². The van der Waals surface area contributed by atoms with Crippen molar-refractivity contribution < 1.29 is 26.7 Å². The van der Waals surface area contributed by atoms with E-state index in [1.807, 2.05) is 62.0 Å². The zero-order valence-electron chi connectivity index (χ0n) is 31.6. The number of rotatable bonds is 15. The van der Waals surface area contributed by atoms with Crippen LogP contribution >= 0.6 is 11.8 Å². The van der Waals surface area contributed by atoms with E-state index in [9.17, 15) is 26.7 Å². The summed E-state index contributed by atoms with van der Waals surface area (Å²) in [6.07, 6.45) is 4.60. The Morgan fingerprint density at radius 3 is 2.28 bits per heavy atom. The molecule has 0 aliphatic heterocycles. The van der Waals surface area contributed by atoms with E-state index in [-0.39, 0.29) is 25.2 Å². The molecule has 0 fully saturated rings. The average Bonchev–Trinajstić information content (AvgIpc) is 3.47. The highest BCUT2D eigenvalue weighted by atomic mass is 32.2. The molecule has 1 heterocycles. The molecule has 290 valence electrons. The smallest absolute Gasteiger partial charge is 0.381 e. The lowest BCUT2D eigenvalue weighted by molar-refractivity contribution is -0.185. The number of nitrogens with zero attached hydrogens (tertiary/aromatic N) is 4. The predicted octanol–water partition coefficient (Wildman–Crippen LogP) is 10.9. The Bertz CT molecular complexity index is 1870. The summed E-state index contributed by atoms with van der Waals surface area (Å²) in [5.41, 5.74) is 6.20. The van der Waals surface area contributed by atoms with Crippen LogP contribution in [0.25, 0.3) is 17.5 Å². The molecule has 0 aliphatic rings. The van der Waals surface area contributed by atoms with Crippen molar-refractivity contribution >= 4 is 41.5 Å². The van der Waals surface area contributed by atoms with Gasteiger partial charge >= 0.3 is 12.1 Å². The number of allylic oxidation sites excluding steroid dienone is 2. The Morgan fingerprint density at radius 1 is 1.02 bits per heavy atom. The van der Waals surface area contributed by atoms with Gasteiger partial charge in [-0.1, -0.05) is 76.4 Å². The highest BCUT2D eigenvalue weighted by molar-refractivity contribution is 7.98. The van der Waals surface area contributed by atoms with Crippen molar-refractivity contribution in [3.8, 4) is 11.3 Å². The van der Waals surface area contributed by atoms with Gasteiger partial charge in [0, 0.05) is 71.6 Å². The SMILES string of the molecule is C/C=C\n1nc(-c2cccc(NCc3c(F)cccc3F)c2)c(CC)c1C.C=C/C=N\C(=C)Nc1cccc(CN(CCSC)C(=O)C(F)(F)F)c1.CC. The number of aliphatic imine (C=N–C) groups is 1. The number of carbonyl (C=O) groups excluding carboxylic acids is 1. The Kier molecular flexibility index (Phi) is 19.0. The first-order chi connectivity index (χ1) is 25.8. The molecule has 13 heteroatoms. The minimum absolute atomic E-state index is 0.0213. The van der Waals surface area contributed by atoms with Gasteiger partial charge in [-0.15, -0.1) is 0 Å². The molecule has 0 unspecified atom stereocenters. The van der Waals surface area contributed by atoms with Crippen LogP contribution in [-0.2, 0) is 24.3 Å². The van der Waals surface area contributed by atoms with Crippen molar-refractivity contribution in [2.45, 2.75) is 60.3 Å². The number of halogens is 5. The Labute approximate surface area is 319 Å². The molecule has 1 aromatic heterocycles. The van der Waals surface area contributed by atoms with Gasteiger partial charge in [0.25, 0.3) is 0 Å². The number of hydrogen-bond donors (Lipinski definition) is 2. The number of alkyl halides is 3. The van der Waals surface area contributed by atoms with E-state index in [4.69, 9.17) is 5.10 Å². The number of hydrogen-bond acceptors (Lipinski definition) is 6. The molecule has 54 heavy (non-hydrogen) atoms. The predicted molar refractivity (Wildman–Crippen MR) is 216 cm³/mol. The molecule has 0 aliphatic carbocycles. The van der Waals surface area contributed by atoms with Gasteiger partial charge in [-0.25, -0.2) is 18.5 Å². The van der Waals surface area contributed by atoms with Crippen LogP contribution in [0.15, 0.2) is 103 Å². The fourth-order valence-corrected chi connectivity index (χ4v) is 5.51. The van der Waals surface area contributed by atoms with E-state index in [0.29, 0.717) is 22.8 Å². The van der Waals surface area contributed by atoms with Gasteiger partial charge in [0.1, 0.15) is 17.5 Å². The molecule has 1 amide bonds. The standard InChI is InChI=1S/C22H23F2N3.C17H20F3N3OS.C2H6/c1-4-12-27-15(3)18(5-2)22(26-27)16-8-6-9-17(13-16)25-14-19-20(23)10-7-11-21(19)24;1-4-8-21-13(2)22-15-7-5-6-14(11-15)12-23(9-10-25-3)16(24)17(18,19)20;1-2/h4,6-13,25H,5,14H2,1-3H3;4-8,11,22H,1-2,9-10,12H2,3H3;1-2H3/b12-4-;21-8-;. The molecule has 3 aromatic carbocycles. The quantitative estimate of drug-likeness (QED) is 0.0931. The second-order valence-corrected chi connectivity index (χ2v) is 12.3. The van der Waals surface area contributed by atoms with Crippen LogP contribution in [-0.4, -0.2) is 51.5 Å². The average molecular weight is 769 g/mol. The van der Waals surface area contributed by atoms with Crippen molar-refractivity contribution in [2.75, 3.05) is 29.2 Å². The molecule has 0 saturated heterocycles. The van der Waals surface area contributed by atoms with Crippen LogP contribution in [0.1, 0.15) is 50.1 Å². The van der Waals surface area contributed by atoms with Gasteiger partial charge in [0.15, 0.2) is 0 Å². The van der Waals surface area contributed by atoms with E-state index >= 15 is 0 Å². The zero-order valence-corrected chi connectivity index (χ0v) is 32.4. The molecule has 7 nitrogen and oxygen atoms in total. The van der Waals surface area contributed by atoms with Gasteiger partial charge in [0.2, 0.25) is 0 Å². The molecule has 0 radical (unpaired) electrons. The monoisotopic (exact) mass is 768 g/mol. The lowest BCUT2D eigenvalue weighted by Crippen LogP contribution is -2.41. The summed E-state index contributed by atoms with van der Waals surface area (Å²) in [5, 5.41) is 10.7. The fourth-order valence-electron chi connectivity index (χ4n) is 5.10. The first kappa shape index (κ1) is 45.0. The number of carbonyl (C=O) groups is 1. The normalized spacial score (nSPS) is 11.0. The van der Waals surface area contributed by atoms with Crippen molar-refractivity contribution in [2.24, 2.45) is 4.99 Å². The molecule has 0 saturated carbocycles. The van der Waals surface area contributed by atoms with E-state index in [2.05, 4.69) is 42.6 Å². The number of aromatic nitrogens is 2. The van der Waals surface area contributed by atoms with Crippen LogP contribution in [0.3, 0.4) is 0 Å². The zero-order chi connectivity index (χ0) is 40.3. The third kappa shape index (κ3) is 13.7. The summed E-state index contributed by atoms with van der Waals surface area (Å²) >= 11 is 1.38. The van der Waals surface area contributed by atoms with Crippen LogP contribution < -0.4 is 10.6 Å². The van der Waals surface area contributed by atoms with Gasteiger partial charge in [-0.05, 0) is 68.5 Å². The van der Waals surface area contributed by atoms with Crippen molar-refractivity contribution in [3.05, 3.63) is 132 Å². The van der Waals surface area contributed by atoms with Crippen LogP contribution in [0.2, 0.25) is 0 Å². The van der Waals surface area contributed by atoms with Crippen LogP contribution in [0.5, 0.6) is 0 Å². The van der Waals surface area contributed by atoms with E-state index in [1.54, 1.807) is 30.5 Å². The van der Waals surface area contributed by atoms with E-state index < -0.39 is 23.7 Å².